The fraction of sp³-hybridized carbons (Fsp3) is 0.600. The number of amides is 1. The third-order valence-corrected chi connectivity index (χ3v) is 1.88. The molecular weight excluding hydrogens is 192 g/mol. The Morgan fingerprint density at radius 1 is 1.67 bits per heavy atom. The molecule has 0 saturated carbocycles. The van der Waals surface area contributed by atoms with Crippen molar-refractivity contribution >= 4 is 11.6 Å². The number of hydrogen-bond donors (Lipinski definition) is 2. The second kappa shape index (κ2) is 4.82. The van der Waals surface area contributed by atoms with Gasteiger partial charge in [-0.05, 0) is 20.3 Å². The van der Waals surface area contributed by atoms with Crippen LogP contribution in [0.4, 0.5) is 5.69 Å². The van der Waals surface area contributed by atoms with E-state index in [2.05, 4.69) is 10.4 Å². The lowest BCUT2D eigenvalue weighted by Gasteiger charge is -2.06. The van der Waals surface area contributed by atoms with Crippen molar-refractivity contribution in [2.75, 3.05) is 5.73 Å². The summed E-state index contributed by atoms with van der Waals surface area (Å²) in [6.45, 7) is 6.62. The summed E-state index contributed by atoms with van der Waals surface area (Å²) < 4.78 is 1.70. The highest BCUT2D eigenvalue weighted by Crippen LogP contribution is 2.09. The molecule has 1 aromatic heterocycles. The molecule has 0 saturated heterocycles. The highest BCUT2D eigenvalue weighted by Gasteiger charge is 2.14. The molecule has 0 unspecified atom stereocenters. The monoisotopic (exact) mass is 210 g/mol. The Hall–Kier alpha value is -1.52. The summed E-state index contributed by atoms with van der Waals surface area (Å²) >= 11 is 0. The summed E-state index contributed by atoms with van der Waals surface area (Å²) in [5.41, 5.74) is 6.45. The number of carbonyl (C=O) groups excluding carboxylic acids is 1. The molecule has 1 rings (SSSR count). The van der Waals surface area contributed by atoms with E-state index in [1.54, 1.807) is 10.9 Å². The Labute approximate surface area is 89.6 Å². The molecule has 5 heteroatoms. The minimum Gasteiger partial charge on any atom is -0.396 e. The molecule has 1 heterocycles. The maximum atomic E-state index is 11.6. The number of hydrogen-bond acceptors (Lipinski definition) is 3. The molecule has 0 aromatic carbocycles. The van der Waals surface area contributed by atoms with Crippen LogP contribution < -0.4 is 11.1 Å². The van der Waals surface area contributed by atoms with Gasteiger partial charge in [0.2, 0.25) is 0 Å². The van der Waals surface area contributed by atoms with Crippen LogP contribution in [0.2, 0.25) is 0 Å². The summed E-state index contributed by atoms with van der Waals surface area (Å²) in [7, 11) is 0. The summed E-state index contributed by atoms with van der Waals surface area (Å²) in [5.74, 6) is -0.211. The number of anilines is 1. The van der Waals surface area contributed by atoms with Crippen LogP contribution in [0.3, 0.4) is 0 Å². The van der Waals surface area contributed by atoms with Crippen LogP contribution in [0.5, 0.6) is 0 Å². The number of nitrogens with one attached hydrogen (secondary N) is 1. The number of nitrogens with two attached hydrogens (primary N) is 1. The van der Waals surface area contributed by atoms with Crippen LogP contribution in [-0.4, -0.2) is 21.7 Å². The first-order chi connectivity index (χ1) is 7.04. The zero-order valence-electron chi connectivity index (χ0n) is 9.45. The summed E-state index contributed by atoms with van der Waals surface area (Å²) in [6.07, 6.45) is 2.66. The van der Waals surface area contributed by atoms with Gasteiger partial charge in [-0.1, -0.05) is 6.92 Å². The van der Waals surface area contributed by atoms with Gasteiger partial charge in [0.05, 0.1) is 5.69 Å². The van der Waals surface area contributed by atoms with Gasteiger partial charge < -0.3 is 11.1 Å². The number of nitrogens with zero attached hydrogens (tertiary/aromatic N) is 2. The molecular formula is C10H18N4O. The molecule has 0 radical (unpaired) electrons. The third kappa shape index (κ3) is 2.97. The van der Waals surface area contributed by atoms with Crippen molar-refractivity contribution in [1.29, 1.82) is 0 Å². The lowest BCUT2D eigenvalue weighted by Crippen LogP contribution is -2.31. The average Bonchev–Trinajstić information content (AvgIpc) is 2.46. The second-order valence-electron chi connectivity index (χ2n) is 3.82. The van der Waals surface area contributed by atoms with E-state index in [0.29, 0.717) is 11.4 Å². The average molecular weight is 210 g/mol. The van der Waals surface area contributed by atoms with Gasteiger partial charge in [-0.3, -0.25) is 9.48 Å². The zero-order chi connectivity index (χ0) is 11.4. The van der Waals surface area contributed by atoms with Crippen LogP contribution >= 0.6 is 0 Å². The molecule has 5 nitrogen and oxygen atoms in total. The minimum absolute atomic E-state index is 0.0909. The van der Waals surface area contributed by atoms with Gasteiger partial charge in [0.15, 0.2) is 5.69 Å². The van der Waals surface area contributed by atoms with Crippen molar-refractivity contribution in [2.45, 2.75) is 39.8 Å². The first-order valence-electron chi connectivity index (χ1n) is 5.18. The highest BCUT2D eigenvalue weighted by molar-refractivity contribution is 5.97. The molecule has 0 aliphatic rings. The Balaban J connectivity index is 2.80. The zero-order valence-corrected chi connectivity index (χ0v) is 9.45. The summed E-state index contributed by atoms with van der Waals surface area (Å²) in [6, 6.07) is 0.0909. The van der Waals surface area contributed by atoms with E-state index in [-0.39, 0.29) is 11.9 Å². The van der Waals surface area contributed by atoms with Gasteiger partial charge in [0, 0.05) is 18.8 Å². The summed E-state index contributed by atoms with van der Waals surface area (Å²) in [4.78, 5) is 11.6. The van der Waals surface area contributed by atoms with Gasteiger partial charge in [-0.25, -0.2) is 0 Å². The van der Waals surface area contributed by atoms with Crippen molar-refractivity contribution in [2.24, 2.45) is 0 Å². The predicted molar refractivity (Wildman–Crippen MR) is 59.5 cm³/mol. The predicted octanol–water partition coefficient (Wildman–Crippen LogP) is 1.01. The van der Waals surface area contributed by atoms with E-state index < -0.39 is 0 Å². The van der Waals surface area contributed by atoms with Gasteiger partial charge in [-0.15, -0.1) is 0 Å². The van der Waals surface area contributed by atoms with E-state index in [0.717, 1.165) is 13.0 Å². The summed E-state index contributed by atoms with van der Waals surface area (Å²) in [5, 5.41) is 6.89. The Bertz CT molecular complexity index is 343. The molecule has 1 amide bonds. The van der Waals surface area contributed by atoms with E-state index in [1.807, 2.05) is 20.8 Å². The Kier molecular flexibility index (Phi) is 3.71. The molecule has 0 bridgehead atoms. The molecule has 0 aliphatic carbocycles. The number of aromatic nitrogens is 2. The van der Waals surface area contributed by atoms with Crippen LogP contribution in [0.1, 0.15) is 37.7 Å². The maximum Gasteiger partial charge on any atom is 0.274 e. The van der Waals surface area contributed by atoms with Crippen LogP contribution in [0, 0.1) is 0 Å². The standard InChI is InChI=1S/C10H18N4O/c1-4-5-14-6-8(11)9(13-14)10(15)12-7(2)3/h6-7H,4-5,11H2,1-3H3,(H,12,15). The second-order valence-corrected chi connectivity index (χ2v) is 3.82. The van der Waals surface area contributed by atoms with Gasteiger partial charge in [-0.2, -0.15) is 5.10 Å². The number of rotatable bonds is 4. The van der Waals surface area contributed by atoms with E-state index in [9.17, 15) is 4.79 Å². The largest absolute Gasteiger partial charge is 0.396 e. The Morgan fingerprint density at radius 2 is 2.33 bits per heavy atom. The van der Waals surface area contributed by atoms with Crippen molar-refractivity contribution in [3.63, 3.8) is 0 Å². The molecule has 0 aliphatic heterocycles. The fourth-order valence-corrected chi connectivity index (χ4v) is 1.29. The van der Waals surface area contributed by atoms with Gasteiger partial charge in [0.25, 0.3) is 5.91 Å². The number of nitrogen functional groups attached to an aromatic ring is 1. The molecule has 3 N–H and O–H groups in total. The lowest BCUT2D eigenvalue weighted by atomic mass is 10.3. The highest BCUT2D eigenvalue weighted by atomic mass is 16.2. The van der Waals surface area contributed by atoms with Crippen molar-refractivity contribution in [1.82, 2.24) is 15.1 Å². The molecule has 15 heavy (non-hydrogen) atoms. The van der Waals surface area contributed by atoms with Crippen LogP contribution in [-0.2, 0) is 6.54 Å². The first-order valence-corrected chi connectivity index (χ1v) is 5.18. The topological polar surface area (TPSA) is 72.9 Å². The Morgan fingerprint density at radius 3 is 2.87 bits per heavy atom. The fourth-order valence-electron chi connectivity index (χ4n) is 1.29. The maximum absolute atomic E-state index is 11.6. The smallest absolute Gasteiger partial charge is 0.274 e. The molecule has 0 spiro atoms. The van der Waals surface area contributed by atoms with Gasteiger partial charge in [0.1, 0.15) is 0 Å². The van der Waals surface area contributed by atoms with E-state index in [4.69, 9.17) is 5.73 Å². The quantitative estimate of drug-likeness (QED) is 0.779. The first kappa shape index (κ1) is 11.6. The van der Waals surface area contributed by atoms with Gasteiger partial charge >= 0.3 is 0 Å². The molecule has 0 fully saturated rings. The lowest BCUT2D eigenvalue weighted by molar-refractivity contribution is 0.0938. The SMILES string of the molecule is CCCn1cc(N)c(C(=O)NC(C)C)n1. The number of aryl methyl sites for hydroxylation is 1. The number of carbonyl (C=O) groups is 1. The van der Waals surface area contributed by atoms with Crippen LogP contribution in [0.25, 0.3) is 0 Å². The normalized spacial score (nSPS) is 10.7. The third-order valence-electron chi connectivity index (χ3n) is 1.88. The van der Waals surface area contributed by atoms with E-state index in [1.165, 1.54) is 0 Å². The van der Waals surface area contributed by atoms with Crippen molar-refractivity contribution < 1.29 is 4.79 Å². The van der Waals surface area contributed by atoms with Crippen molar-refractivity contribution in [3.8, 4) is 0 Å². The molecule has 1 aromatic rings. The van der Waals surface area contributed by atoms with Crippen LogP contribution in [0.15, 0.2) is 6.20 Å². The molecule has 84 valence electrons. The minimum atomic E-state index is -0.211. The van der Waals surface area contributed by atoms with Crippen molar-refractivity contribution in [3.05, 3.63) is 11.9 Å². The van der Waals surface area contributed by atoms with E-state index >= 15 is 0 Å². The molecule has 0 atom stereocenters.